The summed E-state index contributed by atoms with van der Waals surface area (Å²) in [4.78, 5) is 0. The number of nitrogens with one attached hydrogen (secondary N) is 1. The monoisotopic (exact) mass is 233 g/mol. The Labute approximate surface area is 99.6 Å². The van der Waals surface area contributed by atoms with E-state index in [4.69, 9.17) is 14.2 Å². The molecule has 0 aliphatic carbocycles. The lowest BCUT2D eigenvalue weighted by Gasteiger charge is -2.21. The quantitative estimate of drug-likeness (QED) is 0.548. The summed E-state index contributed by atoms with van der Waals surface area (Å²) in [6, 6.07) is 0.387. The first-order valence-electron chi connectivity index (χ1n) is 6.14. The molecule has 0 rings (SSSR count). The van der Waals surface area contributed by atoms with E-state index in [1.54, 1.807) is 7.11 Å². The minimum absolute atomic E-state index is 0.225. The number of hydrogen-bond donors (Lipinski definition) is 1. The van der Waals surface area contributed by atoms with Gasteiger partial charge in [-0.25, -0.2) is 0 Å². The molecule has 98 valence electrons. The fourth-order valence-electron chi connectivity index (χ4n) is 1.33. The largest absolute Gasteiger partial charge is 0.385 e. The van der Waals surface area contributed by atoms with E-state index in [0.29, 0.717) is 19.3 Å². The molecule has 0 aromatic heterocycles. The first kappa shape index (κ1) is 15.8. The molecule has 0 saturated carbocycles. The van der Waals surface area contributed by atoms with Crippen LogP contribution in [0, 0.1) is 0 Å². The van der Waals surface area contributed by atoms with Crippen molar-refractivity contribution < 1.29 is 14.2 Å². The van der Waals surface area contributed by atoms with Crippen LogP contribution in [0.4, 0.5) is 0 Å². The van der Waals surface area contributed by atoms with Gasteiger partial charge in [-0.3, -0.25) is 0 Å². The molecule has 2 atom stereocenters. The number of ether oxygens (including phenoxy) is 3. The number of rotatable bonds is 11. The van der Waals surface area contributed by atoms with Gasteiger partial charge < -0.3 is 19.5 Å². The third kappa shape index (κ3) is 9.09. The Morgan fingerprint density at radius 1 is 1.06 bits per heavy atom. The number of hydrogen-bond acceptors (Lipinski definition) is 4. The summed E-state index contributed by atoms with van der Waals surface area (Å²) in [5.74, 6) is 0. The topological polar surface area (TPSA) is 39.7 Å². The van der Waals surface area contributed by atoms with Crippen LogP contribution in [-0.4, -0.2) is 52.2 Å². The molecule has 0 bridgehead atoms. The normalized spacial score (nSPS) is 15.0. The van der Waals surface area contributed by atoms with Crippen LogP contribution in [0.3, 0.4) is 0 Å². The summed E-state index contributed by atoms with van der Waals surface area (Å²) in [5, 5.41) is 3.33. The van der Waals surface area contributed by atoms with Gasteiger partial charge in [-0.15, -0.1) is 0 Å². The SMILES string of the molecule is CCNC(C)C(C)OCCOCCCOC. The van der Waals surface area contributed by atoms with Gasteiger partial charge in [0.25, 0.3) is 0 Å². The fourth-order valence-corrected chi connectivity index (χ4v) is 1.33. The molecule has 0 spiro atoms. The summed E-state index contributed by atoms with van der Waals surface area (Å²) in [6.45, 7) is 10.1. The van der Waals surface area contributed by atoms with Crippen molar-refractivity contribution >= 4 is 0 Å². The predicted molar refractivity (Wildman–Crippen MR) is 65.9 cm³/mol. The Kier molecular flexibility index (Phi) is 11.2. The van der Waals surface area contributed by atoms with Crippen molar-refractivity contribution in [2.24, 2.45) is 0 Å². The molecular formula is C12H27NO3. The summed E-state index contributed by atoms with van der Waals surface area (Å²) in [5.41, 5.74) is 0. The maximum Gasteiger partial charge on any atom is 0.0704 e. The molecule has 0 saturated heterocycles. The maximum atomic E-state index is 5.64. The van der Waals surface area contributed by atoms with E-state index in [0.717, 1.165) is 26.2 Å². The van der Waals surface area contributed by atoms with E-state index in [-0.39, 0.29) is 6.10 Å². The van der Waals surface area contributed by atoms with Crippen molar-refractivity contribution in [1.82, 2.24) is 5.32 Å². The summed E-state index contributed by atoms with van der Waals surface area (Å²) in [7, 11) is 1.70. The average Bonchev–Trinajstić information content (AvgIpc) is 2.28. The molecule has 0 radical (unpaired) electrons. The molecule has 16 heavy (non-hydrogen) atoms. The smallest absolute Gasteiger partial charge is 0.0704 e. The van der Waals surface area contributed by atoms with Crippen molar-refractivity contribution in [3.8, 4) is 0 Å². The molecule has 0 amide bonds. The highest BCUT2D eigenvalue weighted by Crippen LogP contribution is 1.97. The van der Waals surface area contributed by atoms with E-state index in [1.165, 1.54) is 0 Å². The summed E-state index contributed by atoms with van der Waals surface area (Å²) >= 11 is 0. The zero-order chi connectivity index (χ0) is 12.2. The van der Waals surface area contributed by atoms with Gasteiger partial charge in [0.2, 0.25) is 0 Å². The van der Waals surface area contributed by atoms with Crippen molar-refractivity contribution in [3.63, 3.8) is 0 Å². The standard InChI is InChI=1S/C12H27NO3/c1-5-13-11(2)12(3)16-10-9-15-8-6-7-14-4/h11-13H,5-10H2,1-4H3. The van der Waals surface area contributed by atoms with Crippen LogP contribution in [0.25, 0.3) is 0 Å². The maximum absolute atomic E-state index is 5.64. The minimum Gasteiger partial charge on any atom is -0.385 e. The van der Waals surface area contributed by atoms with Gasteiger partial charge in [0.15, 0.2) is 0 Å². The van der Waals surface area contributed by atoms with Gasteiger partial charge in [0.05, 0.1) is 19.3 Å². The molecule has 4 nitrogen and oxygen atoms in total. The second kappa shape index (κ2) is 11.3. The Balaban J connectivity index is 3.23. The Hall–Kier alpha value is -0.160. The number of likely N-dealkylation sites (N-methyl/N-ethyl adjacent to an activating group) is 1. The second-order valence-corrected chi connectivity index (χ2v) is 3.88. The third-order valence-electron chi connectivity index (χ3n) is 2.48. The average molecular weight is 233 g/mol. The van der Waals surface area contributed by atoms with Gasteiger partial charge in [-0.2, -0.15) is 0 Å². The van der Waals surface area contributed by atoms with Crippen molar-refractivity contribution in [2.75, 3.05) is 40.1 Å². The van der Waals surface area contributed by atoms with E-state index >= 15 is 0 Å². The van der Waals surface area contributed by atoms with E-state index in [2.05, 4.69) is 26.1 Å². The van der Waals surface area contributed by atoms with Crippen molar-refractivity contribution in [3.05, 3.63) is 0 Å². The van der Waals surface area contributed by atoms with Gasteiger partial charge in [-0.1, -0.05) is 6.92 Å². The molecule has 0 aromatic rings. The zero-order valence-electron chi connectivity index (χ0n) is 11.1. The molecule has 2 unspecified atom stereocenters. The molecule has 0 aliphatic heterocycles. The van der Waals surface area contributed by atoms with Crippen molar-refractivity contribution in [2.45, 2.75) is 39.3 Å². The molecule has 0 heterocycles. The Morgan fingerprint density at radius 3 is 2.44 bits per heavy atom. The van der Waals surface area contributed by atoms with Crippen LogP contribution in [0.15, 0.2) is 0 Å². The highest BCUT2D eigenvalue weighted by molar-refractivity contribution is 4.66. The lowest BCUT2D eigenvalue weighted by molar-refractivity contribution is -0.00320. The molecule has 0 aliphatic rings. The van der Waals surface area contributed by atoms with Crippen LogP contribution in [0.2, 0.25) is 0 Å². The highest BCUT2D eigenvalue weighted by Gasteiger charge is 2.10. The molecular weight excluding hydrogens is 206 g/mol. The van der Waals surface area contributed by atoms with Crippen LogP contribution in [0.5, 0.6) is 0 Å². The van der Waals surface area contributed by atoms with Crippen molar-refractivity contribution in [1.29, 1.82) is 0 Å². The van der Waals surface area contributed by atoms with E-state index in [9.17, 15) is 0 Å². The lowest BCUT2D eigenvalue weighted by atomic mass is 10.2. The summed E-state index contributed by atoms with van der Waals surface area (Å²) in [6.07, 6.45) is 1.17. The second-order valence-electron chi connectivity index (χ2n) is 3.88. The van der Waals surface area contributed by atoms with E-state index < -0.39 is 0 Å². The first-order chi connectivity index (χ1) is 7.72. The molecule has 1 N–H and O–H groups in total. The first-order valence-corrected chi connectivity index (χ1v) is 6.14. The fraction of sp³-hybridized carbons (Fsp3) is 1.00. The van der Waals surface area contributed by atoms with Crippen LogP contribution >= 0.6 is 0 Å². The highest BCUT2D eigenvalue weighted by atomic mass is 16.5. The van der Waals surface area contributed by atoms with Gasteiger partial charge in [0, 0.05) is 26.4 Å². The third-order valence-corrected chi connectivity index (χ3v) is 2.48. The van der Waals surface area contributed by atoms with Crippen LogP contribution < -0.4 is 5.32 Å². The van der Waals surface area contributed by atoms with Gasteiger partial charge in [-0.05, 0) is 26.8 Å². The molecule has 0 fully saturated rings. The lowest BCUT2D eigenvalue weighted by Crippen LogP contribution is -2.37. The Bertz CT molecular complexity index is 144. The number of methoxy groups -OCH3 is 1. The van der Waals surface area contributed by atoms with E-state index in [1.807, 2.05) is 0 Å². The van der Waals surface area contributed by atoms with Gasteiger partial charge >= 0.3 is 0 Å². The van der Waals surface area contributed by atoms with Gasteiger partial charge in [0.1, 0.15) is 0 Å². The molecule has 4 heteroatoms. The predicted octanol–water partition coefficient (Wildman–Crippen LogP) is 1.44. The van der Waals surface area contributed by atoms with Crippen LogP contribution in [-0.2, 0) is 14.2 Å². The van der Waals surface area contributed by atoms with Crippen LogP contribution in [0.1, 0.15) is 27.2 Å². The Morgan fingerprint density at radius 2 is 1.81 bits per heavy atom. The summed E-state index contributed by atoms with van der Waals surface area (Å²) < 4.78 is 16.0. The molecule has 0 aromatic carbocycles. The zero-order valence-corrected chi connectivity index (χ0v) is 11.1. The minimum atomic E-state index is 0.225.